The van der Waals surface area contributed by atoms with Crippen molar-refractivity contribution in [3.63, 3.8) is 0 Å². The van der Waals surface area contributed by atoms with Crippen molar-refractivity contribution in [2.24, 2.45) is 0 Å². The highest BCUT2D eigenvalue weighted by atomic mass is 31.2. The predicted molar refractivity (Wildman–Crippen MR) is 115 cm³/mol. The second-order valence-electron chi connectivity index (χ2n) is 6.16. The number of phosphoric acid groups is 1. The van der Waals surface area contributed by atoms with Gasteiger partial charge in [0.05, 0.1) is 26.2 Å². The molecule has 12 heteroatoms. The van der Waals surface area contributed by atoms with Crippen LogP contribution in [0.1, 0.15) is 79.1 Å². The summed E-state index contributed by atoms with van der Waals surface area (Å²) in [4.78, 5) is 21.6. The molecule has 0 saturated heterocycles. The van der Waals surface area contributed by atoms with Crippen LogP contribution in [0.25, 0.3) is 0 Å². The summed E-state index contributed by atoms with van der Waals surface area (Å²) in [6.07, 6.45) is 11.1. The van der Waals surface area contributed by atoms with Crippen LogP contribution in [0.2, 0.25) is 0 Å². The maximum atomic E-state index is 8.88. The third-order valence-electron chi connectivity index (χ3n) is 3.94. The first-order chi connectivity index (χ1) is 10.2. The second-order valence-corrected chi connectivity index (χ2v) is 7.19. The first-order valence-electron chi connectivity index (χ1n) is 8.88. The quantitative estimate of drug-likeness (QED) is 0.253. The average molecular weight is 449 g/mol. The minimum absolute atomic E-state index is 0. The highest BCUT2D eigenvalue weighted by Gasteiger charge is 2.24. The van der Waals surface area contributed by atoms with E-state index >= 15 is 0 Å². The third kappa shape index (κ3) is 40.5. The third-order valence-corrected chi connectivity index (χ3v) is 3.94. The normalized spacial score (nSPS) is 9.39. The molecule has 0 spiro atoms. The predicted octanol–water partition coefficient (Wildman–Crippen LogP) is -0.873. The summed E-state index contributed by atoms with van der Waals surface area (Å²) >= 11 is 0. The van der Waals surface area contributed by atoms with Gasteiger partial charge in [0.1, 0.15) is 0 Å². The molecule has 0 radical (unpaired) electrons. The van der Waals surface area contributed by atoms with Crippen LogP contribution in [0.5, 0.6) is 0 Å². The van der Waals surface area contributed by atoms with Crippen molar-refractivity contribution in [1.82, 2.24) is 0 Å². The average Bonchev–Trinajstić information content (AvgIpc) is 2.44. The van der Waals surface area contributed by atoms with Crippen molar-refractivity contribution in [2.75, 3.05) is 26.2 Å². The van der Waals surface area contributed by atoms with Crippen LogP contribution in [0, 0.1) is 0 Å². The molecule has 0 amide bonds. The molecule has 0 bridgehead atoms. The van der Waals surface area contributed by atoms with E-state index in [1.807, 2.05) is 0 Å². The molecule has 0 aromatic rings. The monoisotopic (exact) mass is 448 g/mol. The van der Waals surface area contributed by atoms with Gasteiger partial charge in [-0.15, -0.1) is 0 Å². The largest absolute Gasteiger partial charge is 0.466 e. The molecule has 28 heavy (non-hydrogen) atoms. The van der Waals surface area contributed by atoms with Gasteiger partial charge in [-0.05, 0) is 25.7 Å². The molecule has 0 aromatic heterocycles. The molecule has 0 aromatic carbocycles. The Balaban J connectivity index is -0.0000000543. The van der Waals surface area contributed by atoms with E-state index in [1.165, 1.54) is 82.0 Å². The summed E-state index contributed by atoms with van der Waals surface area (Å²) in [6.45, 7) is 15.0. The minimum Gasteiger partial charge on any atom is -0.412 e. The zero-order valence-corrected chi connectivity index (χ0v) is 19.0. The van der Waals surface area contributed by atoms with Gasteiger partial charge in [0.15, 0.2) is 0 Å². The van der Waals surface area contributed by atoms with Gasteiger partial charge in [-0.2, -0.15) is 0 Å². The number of nitrogens with zero attached hydrogens (tertiary/aromatic N) is 1. The lowest BCUT2D eigenvalue weighted by Crippen LogP contribution is -2.50. The van der Waals surface area contributed by atoms with Crippen molar-refractivity contribution in [2.45, 2.75) is 79.1 Å². The number of rotatable bonds is 12. The van der Waals surface area contributed by atoms with Crippen LogP contribution in [-0.2, 0) is 4.57 Å². The number of unbranched alkanes of at least 4 members (excludes halogenated alkanes) is 4. The van der Waals surface area contributed by atoms with E-state index in [1.54, 1.807) is 0 Å². The summed E-state index contributed by atoms with van der Waals surface area (Å²) in [6, 6.07) is 0. The van der Waals surface area contributed by atoms with Crippen molar-refractivity contribution >= 4 is 7.82 Å². The highest BCUT2D eigenvalue weighted by molar-refractivity contribution is 7.45. The van der Waals surface area contributed by atoms with Crippen molar-refractivity contribution < 1.29 is 56.6 Å². The molecule has 0 unspecified atom stereocenters. The Morgan fingerprint density at radius 1 is 0.536 bits per heavy atom. The second kappa shape index (κ2) is 31.5. The fourth-order valence-electron chi connectivity index (χ4n) is 2.64. The molecule has 0 aliphatic carbocycles. The molecule has 0 aliphatic rings. The Hall–Kier alpha value is -0.170. The Kier molecular flexibility index (Phi) is 57.4. The van der Waals surface area contributed by atoms with Crippen LogP contribution in [0.15, 0.2) is 0 Å². The van der Waals surface area contributed by atoms with E-state index < -0.39 is 7.82 Å². The van der Waals surface area contributed by atoms with Crippen LogP contribution < -0.4 is 0 Å². The Bertz CT molecular complexity index is 247. The van der Waals surface area contributed by atoms with Crippen LogP contribution >= 0.6 is 7.82 Å². The molecule has 184 valence electrons. The molecule has 0 heterocycles. The van der Waals surface area contributed by atoms with Gasteiger partial charge < -0.3 is 52.0 Å². The molecule has 11 nitrogen and oxygen atoms in total. The molecular formula is C16H51NO10P+. The maximum absolute atomic E-state index is 8.88. The Labute approximate surface area is 170 Å². The zero-order valence-electron chi connectivity index (χ0n) is 18.1. The van der Waals surface area contributed by atoms with Gasteiger partial charge in [-0.1, -0.05) is 53.4 Å². The molecule has 15 N–H and O–H groups in total. The van der Waals surface area contributed by atoms with E-state index in [4.69, 9.17) is 19.2 Å². The smallest absolute Gasteiger partial charge is 0.412 e. The Morgan fingerprint density at radius 2 is 0.679 bits per heavy atom. The molecule has 0 atom stereocenters. The van der Waals surface area contributed by atoms with Crippen LogP contribution in [0.4, 0.5) is 0 Å². The van der Waals surface area contributed by atoms with Crippen molar-refractivity contribution in [3.8, 4) is 0 Å². The summed E-state index contributed by atoms with van der Waals surface area (Å²) in [5.41, 5.74) is 0. The van der Waals surface area contributed by atoms with E-state index in [0.717, 1.165) is 0 Å². The standard InChI is InChI=1S/C16H36N.H3O4P.6H2O/c1-5-9-13-17(14-10-6-2,15-11-7-3)16-12-8-4;1-5(2,3)4;;;;;;/h5-16H2,1-4H3;(H3,1,2,3,4);6*1H2/q+1;;;;;;;. The van der Waals surface area contributed by atoms with E-state index in [9.17, 15) is 0 Å². The lowest BCUT2D eigenvalue weighted by atomic mass is 10.1. The fraction of sp³-hybridized carbons (Fsp3) is 1.00. The molecule has 0 rings (SSSR count). The van der Waals surface area contributed by atoms with E-state index in [2.05, 4.69) is 27.7 Å². The lowest BCUT2D eigenvalue weighted by molar-refractivity contribution is -0.929. The maximum Gasteiger partial charge on any atom is 0.466 e. The summed E-state index contributed by atoms with van der Waals surface area (Å²) in [5, 5.41) is 0. The van der Waals surface area contributed by atoms with Crippen molar-refractivity contribution in [3.05, 3.63) is 0 Å². The first kappa shape index (κ1) is 50.9. The van der Waals surface area contributed by atoms with Crippen LogP contribution in [-0.4, -0.2) is 78.2 Å². The topological polar surface area (TPSA) is 267 Å². The van der Waals surface area contributed by atoms with Gasteiger partial charge in [0.2, 0.25) is 0 Å². The molecule has 0 saturated carbocycles. The number of quaternary nitrogens is 1. The van der Waals surface area contributed by atoms with Gasteiger partial charge in [0, 0.05) is 0 Å². The highest BCUT2D eigenvalue weighted by Crippen LogP contribution is 2.25. The van der Waals surface area contributed by atoms with E-state index in [0.29, 0.717) is 0 Å². The van der Waals surface area contributed by atoms with Gasteiger partial charge in [0.25, 0.3) is 0 Å². The first-order valence-corrected chi connectivity index (χ1v) is 10.4. The number of hydrogen-bond acceptors (Lipinski definition) is 1. The van der Waals surface area contributed by atoms with Crippen LogP contribution in [0.3, 0.4) is 0 Å². The number of hydrogen-bond donors (Lipinski definition) is 3. The molecule has 0 fully saturated rings. The van der Waals surface area contributed by atoms with E-state index in [-0.39, 0.29) is 32.9 Å². The molecular weight excluding hydrogens is 397 g/mol. The SMILES string of the molecule is CCCC[N+](CCCC)(CCCC)CCCC.O.O.O.O.O.O.O=P(O)(O)O. The minimum atomic E-state index is -4.64. The summed E-state index contributed by atoms with van der Waals surface area (Å²) in [7, 11) is -4.64. The van der Waals surface area contributed by atoms with Gasteiger partial charge in [-0.25, -0.2) is 4.57 Å². The van der Waals surface area contributed by atoms with Gasteiger partial charge in [-0.3, -0.25) is 0 Å². The lowest BCUT2D eigenvalue weighted by Gasteiger charge is -2.39. The van der Waals surface area contributed by atoms with Gasteiger partial charge >= 0.3 is 7.82 Å². The summed E-state index contributed by atoms with van der Waals surface area (Å²) in [5.74, 6) is 0. The Morgan fingerprint density at radius 3 is 0.786 bits per heavy atom. The summed E-state index contributed by atoms with van der Waals surface area (Å²) < 4.78 is 10.3. The zero-order chi connectivity index (χ0) is 17.5. The fourth-order valence-corrected chi connectivity index (χ4v) is 2.64. The van der Waals surface area contributed by atoms with Crippen molar-refractivity contribution in [1.29, 1.82) is 0 Å². The molecule has 0 aliphatic heterocycles.